The van der Waals surface area contributed by atoms with Gasteiger partial charge in [0.25, 0.3) is 5.91 Å². The third-order valence-electron chi connectivity index (χ3n) is 4.00. The number of benzene rings is 2. The number of carbonyl (C=O) groups excluding carboxylic acids is 1. The highest BCUT2D eigenvalue weighted by Crippen LogP contribution is 2.32. The summed E-state index contributed by atoms with van der Waals surface area (Å²) < 4.78 is 10.4. The maximum Gasteiger partial charge on any atom is 0.335 e. The molecule has 0 aliphatic carbocycles. The van der Waals surface area contributed by atoms with Gasteiger partial charge in [-0.1, -0.05) is 6.07 Å². The lowest BCUT2D eigenvalue weighted by Crippen LogP contribution is -2.19. The first-order valence-electron chi connectivity index (χ1n) is 8.44. The minimum atomic E-state index is -1.28. The lowest BCUT2D eigenvalue weighted by atomic mass is 10.1. The van der Waals surface area contributed by atoms with E-state index in [-0.39, 0.29) is 27.9 Å². The quantitative estimate of drug-likeness (QED) is 0.598. The van der Waals surface area contributed by atoms with Crippen LogP contribution in [0.3, 0.4) is 0 Å². The molecule has 1 aliphatic heterocycles. The minimum Gasteiger partial charge on any atom is -0.493 e. The maximum absolute atomic E-state index is 12.3. The fraction of sp³-hybridized carbons (Fsp3) is 0.100. The molecule has 1 aliphatic rings. The number of hydrogen-bond donors (Lipinski definition) is 3. The van der Waals surface area contributed by atoms with Crippen molar-refractivity contribution in [2.45, 2.75) is 0 Å². The Morgan fingerprint density at radius 3 is 2.20 bits per heavy atom. The highest BCUT2D eigenvalue weighted by atomic mass is 32.2. The van der Waals surface area contributed by atoms with Crippen LogP contribution >= 0.6 is 11.8 Å². The van der Waals surface area contributed by atoms with Gasteiger partial charge in [0.2, 0.25) is 0 Å². The van der Waals surface area contributed by atoms with E-state index < -0.39 is 11.9 Å². The molecule has 1 saturated heterocycles. The number of methoxy groups -OCH3 is 2. The monoisotopic (exact) mass is 428 g/mol. The molecule has 1 heterocycles. The van der Waals surface area contributed by atoms with Crippen LogP contribution in [0.5, 0.6) is 11.5 Å². The second-order valence-corrected chi connectivity index (χ2v) is 7.01. The standard InChI is InChI=1S/C20H16N2O7S/c1-28-14-4-3-10(5-15(14)29-2)6-16-17(23)22-20(30-16)21-13-8-11(18(24)25)7-12(9-13)19(26)27/h3-9H,1-2H3,(H,24,25)(H,26,27)(H,21,22,23)/b16-6-. The largest absolute Gasteiger partial charge is 0.493 e. The molecule has 0 atom stereocenters. The first-order chi connectivity index (χ1) is 14.3. The van der Waals surface area contributed by atoms with E-state index >= 15 is 0 Å². The van der Waals surface area contributed by atoms with E-state index in [1.165, 1.54) is 26.4 Å². The molecule has 2 aromatic rings. The number of nitrogens with one attached hydrogen (secondary N) is 1. The molecular formula is C20H16N2O7S. The third kappa shape index (κ3) is 4.61. The van der Waals surface area contributed by atoms with E-state index in [2.05, 4.69) is 10.3 Å². The van der Waals surface area contributed by atoms with Gasteiger partial charge in [-0.25, -0.2) is 14.6 Å². The van der Waals surface area contributed by atoms with Crippen LogP contribution in [0.1, 0.15) is 26.3 Å². The zero-order valence-electron chi connectivity index (χ0n) is 15.8. The predicted octanol–water partition coefficient (Wildman–Crippen LogP) is 2.99. The van der Waals surface area contributed by atoms with Crippen LogP contribution < -0.4 is 14.8 Å². The van der Waals surface area contributed by atoms with Crippen molar-refractivity contribution in [3.8, 4) is 11.5 Å². The van der Waals surface area contributed by atoms with Crippen molar-refractivity contribution in [2.75, 3.05) is 14.2 Å². The van der Waals surface area contributed by atoms with Crippen molar-refractivity contribution >= 4 is 46.5 Å². The Kier molecular flexibility index (Phi) is 6.07. The SMILES string of the molecule is COc1ccc(/C=C2\SC(=Nc3cc(C(=O)O)cc(C(=O)O)c3)NC2=O)cc1OC. The lowest BCUT2D eigenvalue weighted by molar-refractivity contribution is -0.115. The Hall–Kier alpha value is -3.79. The summed E-state index contributed by atoms with van der Waals surface area (Å²) in [4.78, 5) is 39.3. The molecule has 0 spiro atoms. The van der Waals surface area contributed by atoms with Crippen molar-refractivity contribution < 1.29 is 34.1 Å². The highest BCUT2D eigenvalue weighted by molar-refractivity contribution is 8.18. The Labute approximate surface area is 175 Å². The number of hydrogen-bond acceptors (Lipinski definition) is 7. The molecule has 1 fully saturated rings. The molecule has 0 saturated carbocycles. The Morgan fingerprint density at radius 1 is 1.00 bits per heavy atom. The molecule has 154 valence electrons. The van der Waals surface area contributed by atoms with Crippen LogP contribution in [0.4, 0.5) is 5.69 Å². The van der Waals surface area contributed by atoms with Gasteiger partial charge in [-0.05, 0) is 53.7 Å². The minimum absolute atomic E-state index is 0.0995. The number of aliphatic imine (C=N–C) groups is 1. The predicted molar refractivity (Wildman–Crippen MR) is 111 cm³/mol. The molecule has 10 heteroatoms. The Balaban J connectivity index is 1.90. The first kappa shape index (κ1) is 20.9. The Morgan fingerprint density at radius 2 is 1.63 bits per heavy atom. The molecule has 0 unspecified atom stereocenters. The van der Waals surface area contributed by atoms with E-state index in [9.17, 15) is 14.4 Å². The van der Waals surface area contributed by atoms with E-state index in [4.69, 9.17) is 19.7 Å². The van der Waals surface area contributed by atoms with E-state index in [1.807, 2.05) is 0 Å². The molecule has 2 aromatic carbocycles. The van der Waals surface area contributed by atoms with E-state index in [0.717, 1.165) is 17.8 Å². The number of carbonyl (C=O) groups is 3. The summed E-state index contributed by atoms with van der Waals surface area (Å²) in [6.07, 6.45) is 1.64. The molecule has 1 amide bonds. The van der Waals surface area contributed by atoms with Crippen LogP contribution in [0, 0.1) is 0 Å². The molecule has 0 bridgehead atoms. The summed E-state index contributed by atoms with van der Waals surface area (Å²) in [7, 11) is 3.03. The molecule has 30 heavy (non-hydrogen) atoms. The van der Waals surface area contributed by atoms with Gasteiger partial charge in [-0.3, -0.25) is 4.79 Å². The van der Waals surface area contributed by atoms with Gasteiger partial charge in [-0.15, -0.1) is 0 Å². The number of aromatic carboxylic acids is 2. The zero-order valence-corrected chi connectivity index (χ0v) is 16.6. The molecule has 0 radical (unpaired) electrons. The average Bonchev–Trinajstić information content (AvgIpc) is 3.05. The van der Waals surface area contributed by atoms with Crippen LogP contribution in [-0.4, -0.2) is 47.4 Å². The highest BCUT2D eigenvalue weighted by Gasteiger charge is 2.24. The summed E-state index contributed by atoms with van der Waals surface area (Å²) in [5, 5.41) is 21.1. The van der Waals surface area contributed by atoms with Gasteiger partial charge < -0.3 is 25.0 Å². The van der Waals surface area contributed by atoms with Crippen molar-refractivity contribution in [3.05, 3.63) is 58.0 Å². The third-order valence-corrected chi connectivity index (χ3v) is 4.91. The fourth-order valence-electron chi connectivity index (χ4n) is 2.61. The summed E-state index contributed by atoms with van der Waals surface area (Å²) in [6.45, 7) is 0. The van der Waals surface area contributed by atoms with Gasteiger partial charge in [0.15, 0.2) is 16.7 Å². The summed E-state index contributed by atoms with van der Waals surface area (Å²) >= 11 is 1.04. The smallest absolute Gasteiger partial charge is 0.335 e. The number of thioether (sulfide) groups is 1. The van der Waals surface area contributed by atoms with Gasteiger partial charge in [0.1, 0.15) is 0 Å². The molecule has 0 aromatic heterocycles. The number of carboxylic acids is 2. The summed E-state index contributed by atoms with van der Waals surface area (Å²) in [5.41, 5.74) is 0.365. The van der Waals surface area contributed by atoms with Crippen LogP contribution in [0.25, 0.3) is 6.08 Å². The molecule has 3 N–H and O–H groups in total. The van der Waals surface area contributed by atoms with Crippen LogP contribution in [0.2, 0.25) is 0 Å². The Bertz CT molecular complexity index is 1080. The van der Waals surface area contributed by atoms with Gasteiger partial charge in [0.05, 0.1) is 35.9 Å². The summed E-state index contributed by atoms with van der Waals surface area (Å²) in [5.74, 6) is -1.89. The normalized spacial score (nSPS) is 15.9. The fourth-order valence-corrected chi connectivity index (χ4v) is 3.46. The maximum atomic E-state index is 12.3. The number of nitrogens with zero attached hydrogens (tertiary/aromatic N) is 1. The second-order valence-electron chi connectivity index (χ2n) is 5.98. The topological polar surface area (TPSA) is 135 Å². The van der Waals surface area contributed by atoms with Gasteiger partial charge in [-0.2, -0.15) is 0 Å². The molecule has 3 rings (SSSR count). The van der Waals surface area contributed by atoms with Gasteiger partial charge >= 0.3 is 11.9 Å². The van der Waals surface area contributed by atoms with Gasteiger partial charge in [0, 0.05) is 0 Å². The van der Waals surface area contributed by atoms with Crippen molar-refractivity contribution in [1.29, 1.82) is 0 Å². The van der Waals surface area contributed by atoms with Crippen molar-refractivity contribution in [1.82, 2.24) is 5.32 Å². The second kappa shape index (κ2) is 8.70. The average molecular weight is 428 g/mol. The summed E-state index contributed by atoms with van der Waals surface area (Å²) in [6, 6.07) is 8.67. The van der Waals surface area contributed by atoms with Crippen molar-refractivity contribution in [2.24, 2.45) is 4.99 Å². The lowest BCUT2D eigenvalue weighted by Gasteiger charge is -2.07. The van der Waals surface area contributed by atoms with Crippen LogP contribution in [0.15, 0.2) is 46.3 Å². The number of amidine groups is 1. The number of carboxylic acid groups (broad SMARTS) is 2. The number of ether oxygens (including phenoxy) is 2. The van der Waals surface area contributed by atoms with E-state index in [1.54, 1.807) is 24.3 Å². The number of rotatable bonds is 6. The van der Waals surface area contributed by atoms with Crippen molar-refractivity contribution in [3.63, 3.8) is 0 Å². The van der Waals surface area contributed by atoms with E-state index in [0.29, 0.717) is 22.0 Å². The first-order valence-corrected chi connectivity index (χ1v) is 9.25. The zero-order chi connectivity index (χ0) is 21.8. The number of amides is 1. The van der Waals surface area contributed by atoms with Crippen LogP contribution in [-0.2, 0) is 4.79 Å². The molecule has 9 nitrogen and oxygen atoms in total. The molecular weight excluding hydrogens is 412 g/mol.